The molecule has 0 saturated heterocycles. The molecule has 1 heterocycles. The number of aromatic nitrogens is 3. The average Bonchev–Trinajstić information content (AvgIpc) is 3.29. The summed E-state index contributed by atoms with van der Waals surface area (Å²) in [4.78, 5) is 14.2. The lowest BCUT2D eigenvalue weighted by Crippen LogP contribution is -2.00. The maximum Gasteiger partial charge on any atom is 0.164 e. The lowest BCUT2D eigenvalue weighted by molar-refractivity contribution is 1.07. The molecular weight excluding hydrogens is 607 g/mol. The minimum absolute atomic E-state index is 0.0662. The zero-order valence-corrected chi connectivity index (χ0v) is 26.4. The van der Waals surface area contributed by atoms with Crippen molar-refractivity contribution in [1.29, 1.82) is 0 Å². The highest BCUT2D eigenvalue weighted by molar-refractivity contribution is 6.05. The molecule has 0 aliphatic heterocycles. The smallest absolute Gasteiger partial charge is 0.164 e. The quantitative estimate of drug-likeness (QED) is 0.180. The standard InChI is InChI=1S/C47H31N3/c1-3-13-32(14-4-1)41-29-30-42(44-23-10-9-22-43(41)44)37-19-11-20-38(31-37)47-49-45(35-16-5-2-6-17-35)48-46(50-47)36-27-25-34(26-28-36)40-24-12-18-33-15-7-8-21-39(33)40/h1-31H/i2D,5D,6D,9D,10D,16D,17D,22D,23D,29D,30D. The molecule has 0 bridgehead atoms. The second-order valence-electron chi connectivity index (χ2n) is 11.6. The highest BCUT2D eigenvalue weighted by atomic mass is 15.0. The Balaban J connectivity index is 1.26. The highest BCUT2D eigenvalue weighted by Gasteiger charge is 2.15. The van der Waals surface area contributed by atoms with Crippen LogP contribution in [0, 0.1) is 0 Å². The van der Waals surface area contributed by atoms with Gasteiger partial charge in [-0.3, -0.25) is 0 Å². The molecule has 0 aliphatic carbocycles. The Kier molecular flexibility index (Phi) is 5.08. The lowest BCUT2D eigenvalue weighted by Gasteiger charge is -2.13. The lowest BCUT2D eigenvalue weighted by atomic mass is 9.91. The van der Waals surface area contributed by atoms with Gasteiger partial charge >= 0.3 is 0 Å². The predicted octanol–water partition coefficient (Wildman–Crippen LogP) is 12.2. The molecule has 1 aromatic heterocycles. The molecule has 9 rings (SSSR count). The van der Waals surface area contributed by atoms with Gasteiger partial charge in [-0.2, -0.15) is 0 Å². The number of fused-ring (bicyclic) bond motifs is 2. The number of nitrogens with zero attached hydrogens (tertiary/aromatic N) is 3. The first-order valence-electron chi connectivity index (χ1n) is 21.5. The number of rotatable bonds is 6. The first-order chi connectivity index (χ1) is 29.3. The van der Waals surface area contributed by atoms with Crippen LogP contribution in [0.2, 0.25) is 0 Å². The van der Waals surface area contributed by atoms with E-state index in [0.717, 1.165) is 21.9 Å². The molecule has 0 fully saturated rings. The summed E-state index contributed by atoms with van der Waals surface area (Å²) in [7, 11) is 0. The monoisotopic (exact) mass is 648 g/mol. The Hall–Kier alpha value is -6.71. The normalized spacial score (nSPS) is 14.3. The van der Waals surface area contributed by atoms with Crippen LogP contribution in [0.1, 0.15) is 15.1 Å². The molecule has 0 unspecified atom stereocenters. The van der Waals surface area contributed by atoms with Gasteiger partial charge in [0.1, 0.15) is 0 Å². The Morgan fingerprint density at radius 3 is 1.60 bits per heavy atom. The van der Waals surface area contributed by atoms with Crippen molar-refractivity contribution in [2.24, 2.45) is 0 Å². The molecule has 8 aromatic carbocycles. The van der Waals surface area contributed by atoms with Crippen LogP contribution in [0.5, 0.6) is 0 Å². The molecule has 50 heavy (non-hydrogen) atoms. The molecule has 0 aliphatic rings. The molecule has 3 heteroatoms. The van der Waals surface area contributed by atoms with Crippen LogP contribution in [-0.4, -0.2) is 15.0 Å². The van der Waals surface area contributed by atoms with Gasteiger partial charge in [-0.05, 0) is 61.0 Å². The number of hydrogen-bond acceptors (Lipinski definition) is 3. The van der Waals surface area contributed by atoms with Crippen LogP contribution in [0.15, 0.2) is 188 Å². The summed E-state index contributed by atoms with van der Waals surface area (Å²) in [6.45, 7) is 0. The van der Waals surface area contributed by atoms with Gasteiger partial charge in [0.15, 0.2) is 17.5 Å². The Labute approximate surface area is 306 Å². The van der Waals surface area contributed by atoms with Gasteiger partial charge in [-0.25, -0.2) is 15.0 Å². The van der Waals surface area contributed by atoms with Crippen molar-refractivity contribution in [3.05, 3.63) is 188 Å². The fourth-order valence-electron chi connectivity index (χ4n) is 6.17. The first-order valence-corrected chi connectivity index (χ1v) is 16.0. The summed E-state index contributed by atoms with van der Waals surface area (Å²) in [6, 6.07) is 32.4. The van der Waals surface area contributed by atoms with Gasteiger partial charge in [0.2, 0.25) is 0 Å². The van der Waals surface area contributed by atoms with Gasteiger partial charge in [0, 0.05) is 16.7 Å². The van der Waals surface area contributed by atoms with E-state index >= 15 is 0 Å². The van der Waals surface area contributed by atoms with Gasteiger partial charge < -0.3 is 0 Å². The van der Waals surface area contributed by atoms with Gasteiger partial charge in [0.25, 0.3) is 0 Å². The van der Waals surface area contributed by atoms with E-state index in [1.807, 2.05) is 60.7 Å². The van der Waals surface area contributed by atoms with E-state index in [9.17, 15) is 2.74 Å². The van der Waals surface area contributed by atoms with E-state index in [0.29, 0.717) is 22.3 Å². The zero-order valence-electron chi connectivity index (χ0n) is 37.4. The van der Waals surface area contributed by atoms with Crippen molar-refractivity contribution in [2.45, 2.75) is 0 Å². The maximum absolute atomic E-state index is 9.32. The van der Waals surface area contributed by atoms with Crippen LogP contribution < -0.4 is 0 Å². The van der Waals surface area contributed by atoms with E-state index < -0.39 is 42.3 Å². The van der Waals surface area contributed by atoms with E-state index in [4.69, 9.17) is 17.3 Å². The van der Waals surface area contributed by atoms with E-state index in [-0.39, 0.29) is 69.1 Å². The van der Waals surface area contributed by atoms with Crippen LogP contribution >= 0.6 is 0 Å². The van der Waals surface area contributed by atoms with Gasteiger partial charge in [-0.15, -0.1) is 0 Å². The molecule has 0 atom stereocenters. The number of hydrogen-bond donors (Lipinski definition) is 0. The first kappa shape index (κ1) is 20.0. The van der Waals surface area contributed by atoms with Crippen molar-refractivity contribution in [1.82, 2.24) is 15.0 Å². The molecule has 0 amide bonds. The molecule has 3 nitrogen and oxygen atoms in total. The topological polar surface area (TPSA) is 38.7 Å². The maximum atomic E-state index is 9.32. The van der Waals surface area contributed by atoms with E-state index in [1.165, 1.54) is 0 Å². The molecule has 0 N–H and O–H groups in total. The van der Waals surface area contributed by atoms with Crippen molar-refractivity contribution < 1.29 is 15.1 Å². The third-order valence-corrected chi connectivity index (χ3v) is 8.57. The minimum Gasteiger partial charge on any atom is -0.208 e. The summed E-state index contributed by atoms with van der Waals surface area (Å²) in [5.41, 5.74) is 3.87. The van der Waals surface area contributed by atoms with Crippen molar-refractivity contribution in [3.63, 3.8) is 0 Å². The van der Waals surface area contributed by atoms with Crippen LogP contribution in [0.4, 0.5) is 0 Å². The summed E-state index contributed by atoms with van der Waals surface area (Å²) < 4.78 is 96.1. The third kappa shape index (κ3) is 5.51. The van der Waals surface area contributed by atoms with E-state index in [2.05, 4.69) is 16.0 Å². The fraction of sp³-hybridized carbons (Fsp3) is 0. The second-order valence-corrected chi connectivity index (χ2v) is 11.6. The van der Waals surface area contributed by atoms with Crippen LogP contribution in [-0.2, 0) is 0 Å². The molecule has 9 aromatic rings. The van der Waals surface area contributed by atoms with Gasteiger partial charge in [0.05, 0.1) is 15.1 Å². The second kappa shape index (κ2) is 12.7. The summed E-state index contributed by atoms with van der Waals surface area (Å²) in [5.74, 6) is 0.0570. The van der Waals surface area contributed by atoms with Crippen molar-refractivity contribution >= 4 is 21.5 Å². The largest absolute Gasteiger partial charge is 0.208 e. The summed E-state index contributed by atoms with van der Waals surface area (Å²) >= 11 is 0. The van der Waals surface area contributed by atoms with E-state index in [1.54, 1.807) is 54.6 Å². The SMILES string of the molecule is [2H]c1c([2H])c([2H])c(-c2nc(-c3ccc(-c4cccc5ccccc45)cc3)nc(-c3cccc(-c4c([2H])c([2H])c(-c5ccccc5)c5c([2H])c([2H])c([2H])c([2H])c45)c3)n2)c([2H])c1[2H]. The minimum atomic E-state index is -0.562. The summed E-state index contributed by atoms with van der Waals surface area (Å²) in [5, 5.41) is 2.35. The Bertz CT molecular complexity index is 3230. The predicted molar refractivity (Wildman–Crippen MR) is 207 cm³/mol. The van der Waals surface area contributed by atoms with Crippen LogP contribution in [0.3, 0.4) is 0 Å². The third-order valence-electron chi connectivity index (χ3n) is 8.57. The highest BCUT2D eigenvalue weighted by Crippen LogP contribution is 2.37. The average molecular weight is 649 g/mol. The molecular formula is C47H31N3. The van der Waals surface area contributed by atoms with Crippen LogP contribution in [0.25, 0.3) is 89.1 Å². The van der Waals surface area contributed by atoms with Crippen molar-refractivity contribution in [2.75, 3.05) is 0 Å². The summed E-state index contributed by atoms with van der Waals surface area (Å²) in [6.07, 6.45) is 0. The number of benzene rings is 8. The molecule has 234 valence electrons. The van der Waals surface area contributed by atoms with Gasteiger partial charge in [-0.1, -0.05) is 182 Å². The molecule has 0 spiro atoms. The molecule has 0 saturated carbocycles. The van der Waals surface area contributed by atoms with Crippen molar-refractivity contribution in [3.8, 4) is 67.5 Å². The Morgan fingerprint density at radius 2 is 0.840 bits per heavy atom. The molecule has 0 radical (unpaired) electrons. The fourth-order valence-corrected chi connectivity index (χ4v) is 6.17. The zero-order chi connectivity index (χ0) is 42.9. The Morgan fingerprint density at radius 1 is 0.320 bits per heavy atom.